The first kappa shape index (κ1) is 12.9. The molecule has 0 saturated heterocycles. The molecular weight excluding hydrogens is 268 g/mol. The van der Waals surface area contributed by atoms with Crippen molar-refractivity contribution in [3.8, 4) is 5.82 Å². The number of pyridine rings is 1. The summed E-state index contributed by atoms with van der Waals surface area (Å²) in [6.45, 7) is 1.86. The van der Waals surface area contributed by atoms with Crippen LogP contribution in [0.3, 0.4) is 0 Å². The fraction of sp³-hybridized carbons (Fsp3) is 0.0714. The zero-order valence-corrected chi connectivity index (χ0v) is 11.3. The summed E-state index contributed by atoms with van der Waals surface area (Å²) < 4.78 is 1.71. The van der Waals surface area contributed by atoms with Crippen LogP contribution in [-0.4, -0.2) is 30.6 Å². The molecule has 3 rings (SSSR count). The van der Waals surface area contributed by atoms with E-state index >= 15 is 0 Å². The summed E-state index contributed by atoms with van der Waals surface area (Å²) >= 11 is 0. The highest BCUT2D eigenvalue weighted by atomic mass is 16.2. The van der Waals surface area contributed by atoms with Crippen molar-refractivity contribution in [2.45, 2.75) is 6.92 Å². The number of imidazole rings is 1. The molecule has 0 fully saturated rings. The molecule has 0 bridgehead atoms. The van der Waals surface area contributed by atoms with Crippen LogP contribution >= 0.6 is 0 Å². The summed E-state index contributed by atoms with van der Waals surface area (Å²) in [5.74, 6) is 0.732. The van der Waals surface area contributed by atoms with Gasteiger partial charge in [-0.25, -0.2) is 9.97 Å². The average molecular weight is 280 g/mol. The molecule has 1 N–H and O–H groups in total. The summed E-state index contributed by atoms with van der Waals surface area (Å²) in [7, 11) is 0. The van der Waals surface area contributed by atoms with Crippen LogP contribution in [0.2, 0.25) is 0 Å². The molecule has 104 valence electrons. The summed E-state index contributed by atoms with van der Waals surface area (Å²) in [6, 6.07) is 8.71. The van der Waals surface area contributed by atoms with Gasteiger partial charge >= 0.3 is 0 Å². The van der Waals surface area contributed by atoms with Crippen LogP contribution in [0.15, 0.2) is 49.1 Å². The monoisotopic (exact) mass is 280 g/mol. The van der Waals surface area contributed by atoms with E-state index in [0.717, 1.165) is 5.69 Å². The fourth-order valence-corrected chi connectivity index (χ4v) is 1.77. The molecule has 0 unspecified atom stereocenters. The van der Waals surface area contributed by atoms with E-state index < -0.39 is 0 Å². The number of aryl methyl sites for hydroxylation is 1. The second kappa shape index (κ2) is 5.49. The highest BCUT2D eigenvalue weighted by molar-refractivity contribution is 6.02. The molecule has 3 heterocycles. The van der Waals surface area contributed by atoms with E-state index in [2.05, 4.69) is 25.5 Å². The summed E-state index contributed by atoms with van der Waals surface area (Å²) in [4.78, 5) is 20.2. The van der Waals surface area contributed by atoms with Crippen molar-refractivity contribution in [2.75, 3.05) is 5.32 Å². The van der Waals surface area contributed by atoms with Gasteiger partial charge in [-0.15, -0.1) is 10.2 Å². The van der Waals surface area contributed by atoms with Gasteiger partial charge in [0.05, 0.1) is 0 Å². The number of hydrogen-bond donors (Lipinski definition) is 1. The largest absolute Gasteiger partial charge is 0.305 e. The smallest absolute Gasteiger partial charge is 0.277 e. The predicted molar refractivity (Wildman–Crippen MR) is 76.1 cm³/mol. The minimum atomic E-state index is -0.349. The first-order valence-corrected chi connectivity index (χ1v) is 6.29. The predicted octanol–water partition coefficient (Wildman–Crippen LogP) is 1.62. The molecule has 0 spiro atoms. The number of rotatable bonds is 3. The van der Waals surface area contributed by atoms with Gasteiger partial charge in [-0.05, 0) is 31.2 Å². The van der Waals surface area contributed by atoms with E-state index in [9.17, 15) is 4.79 Å². The first-order chi connectivity index (χ1) is 10.2. The number of aromatic nitrogens is 5. The SMILES string of the molecule is Cc1cccc(NC(=O)c2ccc(-n3ccnc3)nn2)n1. The van der Waals surface area contributed by atoms with Gasteiger partial charge in [-0.2, -0.15) is 0 Å². The van der Waals surface area contributed by atoms with Crippen LogP contribution in [0, 0.1) is 6.92 Å². The number of carbonyl (C=O) groups excluding carboxylic acids is 1. The van der Waals surface area contributed by atoms with E-state index in [4.69, 9.17) is 0 Å². The molecule has 21 heavy (non-hydrogen) atoms. The average Bonchev–Trinajstić information content (AvgIpc) is 3.01. The van der Waals surface area contributed by atoms with Crippen LogP contribution in [0.25, 0.3) is 5.82 Å². The molecule has 7 nitrogen and oxygen atoms in total. The maximum Gasteiger partial charge on any atom is 0.277 e. The van der Waals surface area contributed by atoms with Gasteiger partial charge in [0.25, 0.3) is 5.91 Å². The zero-order chi connectivity index (χ0) is 14.7. The third kappa shape index (κ3) is 2.92. The minimum Gasteiger partial charge on any atom is -0.305 e. The van der Waals surface area contributed by atoms with Crippen LogP contribution in [-0.2, 0) is 0 Å². The number of nitrogens with zero attached hydrogens (tertiary/aromatic N) is 5. The molecule has 7 heteroatoms. The molecular formula is C14H12N6O. The Bertz CT molecular complexity index is 751. The number of anilines is 1. The third-order valence-corrected chi connectivity index (χ3v) is 2.78. The van der Waals surface area contributed by atoms with E-state index in [1.54, 1.807) is 41.5 Å². The van der Waals surface area contributed by atoms with Gasteiger partial charge < -0.3 is 5.32 Å². The summed E-state index contributed by atoms with van der Waals surface area (Å²) in [6.07, 6.45) is 5.01. The van der Waals surface area contributed by atoms with E-state index in [-0.39, 0.29) is 11.6 Å². The topological polar surface area (TPSA) is 85.6 Å². The molecule has 3 aromatic rings. The Morgan fingerprint density at radius 1 is 1.19 bits per heavy atom. The van der Waals surface area contributed by atoms with Crippen molar-refractivity contribution < 1.29 is 4.79 Å². The fourth-order valence-electron chi connectivity index (χ4n) is 1.77. The van der Waals surface area contributed by atoms with Crippen molar-refractivity contribution in [3.63, 3.8) is 0 Å². The normalized spacial score (nSPS) is 10.3. The molecule has 1 amide bonds. The van der Waals surface area contributed by atoms with E-state index in [0.29, 0.717) is 11.6 Å². The molecule has 0 saturated carbocycles. The van der Waals surface area contributed by atoms with Crippen molar-refractivity contribution in [3.05, 3.63) is 60.4 Å². The highest BCUT2D eigenvalue weighted by Gasteiger charge is 2.09. The van der Waals surface area contributed by atoms with Crippen LogP contribution in [0.1, 0.15) is 16.2 Å². The molecule has 0 aliphatic carbocycles. The second-order valence-electron chi connectivity index (χ2n) is 4.37. The maximum atomic E-state index is 12.1. The van der Waals surface area contributed by atoms with Crippen molar-refractivity contribution in [2.24, 2.45) is 0 Å². The second-order valence-corrected chi connectivity index (χ2v) is 4.37. The van der Waals surface area contributed by atoms with Crippen molar-refractivity contribution in [1.29, 1.82) is 0 Å². The molecule has 0 aliphatic heterocycles. The van der Waals surface area contributed by atoms with Gasteiger partial charge in [-0.3, -0.25) is 9.36 Å². The minimum absolute atomic E-state index is 0.224. The van der Waals surface area contributed by atoms with Crippen molar-refractivity contribution in [1.82, 2.24) is 24.7 Å². The lowest BCUT2D eigenvalue weighted by atomic mass is 10.3. The quantitative estimate of drug-likeness (QED) is 0.788. The Labute approximate surface area is 120 Å². The van der Waals surface area contributed by atoms with Gasteiger partial charge in [0.1, 0.15) is 12.1 Å². The van der Waals surface area contributed by atoms with E-state index in [1.165, 1.54) is 0 Å². The van der Waals surface area contributed by atoms with Crippen LogP contribution in [0.4, 0.5) is 5.82 Å². The van der Waals surface area contributed by atoms with Crippen molar-refractivity contribution >= 4 is 11.7 Å². The third-order valence-electron chi connectivity index (χ3n) is 2.78. The maximum absolute atomic E-state index is 12.1. The molecule has 0 atom stereocenters. The Morgan fingerprint density at radius 3 is 2.76 bits per heavy atom. The molecule has 0 aromatic carbocycles. The van der Waals surface area contributed by atoms with Gasteiger partial charge in [0.15, 0.2) is 11.5 Å². The zero-order valence-electron chi connectivity index (χ0n) is 11.3. The Kier molecular flexibility index (Phi) is 3.38. The van der Waals surface area contributed by atoms with Gasteiger partial charge in [0, 0.05) is 18.1 Å². The molecule has 0 radical (unpaired) electrons. The Morgan fingerprint density at radius 2 is 2.10 bits per heavy atom. The lowest BCUT2D eigenvalue weighted by molar-refractivity contribution is 0.102. The summed E-state index contributed by atoms with van der Waals surface area (Å²) in [5, 5.41) is 10.6. The first-order valence-electron chi connectivity index (χ1n) is 6.29. The number of hydrogen-bond acceptors (Lipinski definition) is 5. The van der Waals surface area contributed by atoms with E-state index in [1.807, 2.05) is 19.1 Å². The summed E-state index contributed by atoms with van der Waals surface area (Å²) in [5.41, 5.74) is 1.05. The van der Waals surface area contributed by atoms with Crippen LogP contribution < -0.4 is 5.32 Å². The standard InChI is InChI=1S/C14H12N6O/c1-10-3-2-4-12(16-10)17-14(21)11-5-6-13(19-18-11)20-8-7-15-9-20/h2-9H,1H3,(H,16,17,21). The van der Waals surface area contributed by atoms with Gasteiger partial charge in [0.2, 0.25) is 0 Å². The van der Waals surface area contributed by atoms with Gasteiger partial charge in [-0.1, -0.05) is 6.07 Å². The lowest BCUT2D eigenvalue weighted by Crippen LogP contribution is -2.15. The Hall–Kier alpha value is -3.09. The number of nitrogens with one attached hydrogen (secondary N) is 1. The molecule has 3 aromatic heterocycles. The highest BCUT2D eigenvalue weighted by Crippen LogP contribution is 2.07. The number of amides is 1. The Balaban J connectivity index is 1.76. The molecule has 0 aliphatic rings. The lowest BCUT2D eigenvalue weighted by Gasteiger charge is -2.05. The van der Waals surface area contributed by atoms with Crippen LogP contribution in [0.5, 0.6) is 0 Å². The number of carbonyl (C=O) groups is 1.